The van der Waals surface area contributed by atoms with Crippen LogP contribution in [0.1, 0.15) is 49.3 Å². The maximum Gasteiger partial charge on any atom is 0.242 e. The molecule has 1 amide bonds. The zero-order valence-electron chi connectivity index (χ0n) is 12.3. The van der Waals surface area contributed by atoms with E-state index in [0.717, 1.165) is 50.6 Å². The maximum atomic E-state index is 12.6. The first-order valence-electron chi connectivity index (χ1n) is 8.05. The molecule has 1 aliphatic heterocycles. The predicted molar refractivity (Wildman–Crippen MR) is 81.9 cm³/mol. The number of carbonyl (C=O) groups is 1. The molecular formula is C17H24N2O2. The topological polar surface area (TPSA) is 61.4 Å². The van der Waals surface area contributed by atoms with Gasteiger partial charge in [0.25, 0.3) is 0 Å². The van der Waals surface area contributed by atoms with Gasteiger partial charge in [0.1, 0.15) is 6.04 Å². The second kappa shape index (κ2) is 6.58. The molecule has 21 heavy (non-hydrogen) atoms. The van der Waals surface area contributed by atoms with E-state index in [9.17, 15) is 9.90 Å². The quantitative estimate of drug-likeness (QED) is 0.726. The van der Waals surface area contributed by atoms with E-state index in [4.69, 9.17) is 0 Å². The van der Waals surface area contributed by atoms with Gasteiger partial charge in [0, 0.05) is 6.54 Å². The molecule has 3 N–H and O–H groups in total. The number of hydrogen-bond donors (Lipinski definition) is 3. The summed E-state index contributed by atoms with van der Waals surface area (Å²) in [5.74, 6) is -0.00639. The first-order chi connectivity index (χ1) is 10.3. The lowest BCUT2D eigenvalue weighted by atomic mass is 9.93. The largest absolute Gasteiger partial charge is 0.391 e. The van der Waals surface area contributed by atoms with Crippen LogP contribution in [-0.4, -0.2) is 29.7 Å². The van der Waals surface area contributed by atoms with Crippen LogP contribution < -0.4 is 10.6 Å². The molecule has 1 aromatic carbocycles. The van der Waals surface area contributed by atoms with Crippen LogP contribution in [0.5, 0.6) is 0 Å². The average Bonchev–Trinajstić information content (AvgIpc) is 2.71. The first-order valence-corrected chi connectivity index (χ1v) is 8.05. The molecule has 1 aromatic rings. The van der Waals surface area contributed by atoms with Gasteiger partial charge in [-0.1, -0.05) is 43.5 Å². The molecule has 0 aromatic heterocycles. The fourth-order valence-electron chi connectivity index (χ4n) is 3.46. The normalized spacial score (nSPS) is 29.3. The maximum absolute atomic E-state index is 12.6. The molecule has 4 nitrogen and oxygen atoms in total. The third kappa shape index (κ3) is 3.27. The highest BCUT2D eigenvalue weighted by atomic mass is 16.3. The van der Waals surface area contributed by atoms with Crippen LogP contribution in [0, 0.1) is 0 Å². The third-order valence-corrected chi connectivity index (χ3v) is 4.68. The van der Waals surface area contributed by atoms with Crippen molar-refractivity contribution >= 4 is 5.91 Å². The lowest BCUT2D eigenvalue weighted by Crippen LogP contribution is -2.48. The number of hydrogen-bond acceptors (Lipinski definition) is 3. The van der Waals surface area contributed by atoms with E-state index in [1.165, 1.54) is 5.56 Å². The molecule has 0 spiro atoms. The Hall–Kier alpha value is -1.39. The van der Waals surface area contributed by atoms with Crippen molar-refractivity contribution in [2.45, 2.75) is 56.7 Å². The minimum Gasteiger partial charge on any atom is -0.391 e. The summed E-state index contributed by atoms with van der Waals surface area (Å²) in [6.45, 7) is 0.822. The van der Waals surface area contributed by atoms with Gasteiger partial charge in [-0.05, 0) is 30.4 Å². The van der Waals surface area contributed by atoms with E-state index < -0.39 is 6.10 Å². The fraction of sp³-hybridized carbons (Fsp3) is 0.588. The first kappa shape index (κ1) is 14.5. The Balaban J connectivity index is 1.71. The van der Waals surface area contributed by atoms with Gasteiger partial charge in [0.15, 0.2) is 0 Å². The molecule has 1 saturated carbocycles. The highest BCUT2D eigenvalue weighted by Crippen LogP contribution is 2.24. The van der Waals surface area contributed by atoms with Crippen molar-refractivity contribution < 1.29 is 9.90 Å². The summed E-state index contributed by atoms with van der Waals surface area (Å²) < 4.78 is 0. The number of aliphatic hydroxyl groups excluding tert-OH is 1. The van der Waals surface area contributed by atoms with Crippen LogP contribution in [0.3, 0.4) is 0 Å². The van der Waals surface area contributed by atoms with Crippen LogP contribution in [0.2, 0.25) is 0 Å². The summed E-state index contributed by atoms with van der Waals surface area (Å²) in [7, 11) is 0. The summed E-state index contributed by atoms with van der Waals surface area (Å²) in [6.07, 6.45) is 5.51. The summed E-state index contributed by atoms with van der Waals surface area (Å²) >= 11 is 0. The molecule has 1 heterocycles. The molecule has 0 radical (unpaired) electrons. The molecule has 2 aliphatic rings. The fourth-order valence-corrected chi connectivity index (χ4v) is 3.46. The van der Waals surface area contributed by atoms with E-state index in [1.807, 2.05) is 18.2 Å². The van der Waals surface area contributed by atoms with E-state index in [1.54, 1.807) is 0 Å². The Morgan fingerprint density at radius 1 is 1.19 bits per heavy atom. The number of carbonyl (C=O) groups excluding carboxylic acids is 1. The molecule has 1 aliphatic carbocycles. The van der Waals surface area contributed by atoms with E-state index in [-0.39, 0.29) is 18.0 Å². The number of fused-ring (bicyclic) bond motifs is 1. The SMILES string of the molecule is O=C(NC1CCCCCC1O)C1NCCc2ccccc21. The van der Waals surface area contributed by atoms with Gasteiger partial charge in [0.2, 0.25) is 5.91 Å². The Morgan fingerprint density at radius 3 is 2.90 bits per heavy atom. The molecule has 114 valence electrons. The smallest absolute Gasteiger partial charge is 0.242 e. The standard InChI is InChI=1S/C17H24N2O2/c20-15-9-3-1-2-8-14(15)19-17(21)16-13-7-5-4-6-12(13)10-11-18-16/h4-7,14-16,18,20H,1-3,8-11H2,(H,19,21). The van der Waals surface area contributed by atoms with Crippen molar-refractivity contribution in [3.63, 3.8) is 0 Å². The molecule has 1 fully saturated rings. The third-order valence-electron chi connectivity index (χ3n) is 4.68. The second-order valence-electron chi connectivity index (χ2n) is 6.16. The van der Waals surface area contributed by atoms with Gasteiger partial charge in [-0.2, -0.15) is 0 Å². The van der Waals surface area contributed by atoms with Crippen LogP contribution in [0.25, 0.3) is 0 Å². The lowest BCUT2D eigenvalue weighted by molar-refractivity contribution is -0.125. The molecular weight excluding hydrogens is 264 g/mol. The van der Waals surface area contributed by atoms with E-state index in [2.05, 4.69) is 16.7 Å². The highest BCUT2D eigenvalue weighted by molar-refractivity contribution is 5.84. The van der Waals surface area contributed by atoms with Crippen molar-refractivity contribution in [3.8, 4) is 0 Å². The number of rotatable bonds is 2. The molecule has 4 heteroatoms. The van der Waals surface area contributed by atoms with Crippen LogP contribution in [0.4, 0.5) is 0 Å². The monoisotopic (exact) mass is 288 g/mol. The minimum atomic E-state index is -0.407. The molecule has 3 rings (SSSR count). The van der Waals surface area contributed by atoms with Gasteiger partial charge in [-0.3, -0.25) is 4.79 Å². The summed E-state index contributed by atoms with van der Waals surface area (Å²) in [5, 5.41) is 16.5. The van der Waals surface area contributed by atoms with Crippen molar-refractivity contribution in [2.24, 2.45) is 0 Å². The Morgan fingerprint density at radius 2 is 2.00 bits per heavy atom. The Bertz CT molecular complexity index is 503. The van der Waals surface area contributed by atoms with Gasteiger partial charge in [0.05, 0.1) is 12.1 Å². The second-order valence-corrected chi connectivity index (χ2v) is 6.16. The van der Waals surface area contributed by atoms with Crippen molar-refractivity contribution in [3.05, 3.63) is 35.4 Å². The van der Waals surface area contributed by atoms with Gasteiger partial charge in [-0.25, -0.2) is 0 Å². The highest BCUT2D eigenvalue weighted by Gasteiger charge is 2.29. The Kier molecular flexibility index (Phi) is 4.56. The van der Waals surface area contributed by atoms with Gasteiger partial charge < -0.3 is 15.7 Å². The predicted octanol–water partition coefficient (Wildman–Crippen LogP) is 1.68. The van der Waals surface area contributed by atoms with Gasteiger partial charge in [-0.15, -0.1) is 0 Å². The molecule has 3 unspecified atom stereocenters. The average molecular weight is 288 g/mol. The number of amides is 1. The molecule has 3 atom stereocenters. The van der Waals surface area contributed by atoms with Gasteiger partial charge >= 0.3 is 0 Å². The number of benzene rings is 1. The minimum absolute atomic E-state index is 0.00639. The summed E-state index contributed by atoms with van der Waals surface area (Å²) in [4.78, 5) is 12.6. The molecule has 0 bridgehead atoms. The number of nitrogens with one attached hydrogen (secondary N) is 2. The summed E-state index contributed by atoms with van der Waals surface area (Å²) in [5.41, 5.74) is 2.32. The zero-order chi connectivity index (χ0) is 14.7. The van der Waals surface area contributed by atoms with Crippen LogP contribution >= 0.6 is 0 Å². The van der Waals surface area contributed by atoms with Crippen LogP contribution in [0.15, 0.2) is 24.3 Å². The zero-order valence-corrected chi connectivity index (χ0v) is 12.3. The molecule has 0 saturated heterocycles. The van der Waals surface area contributed by atoms with Crippen molar-refractivity contribution in [1.29, 1.82) is 0 Å². The van der Waals surface area contributed by atoms with Crippen molar-refractivity contribution in [2.75, 3.05) is 6.54 Å². The van der Waals surface area contributed by atoms with E-state index >= 15 is 0 Å². The Labute approximate surface area is 125 Å². The number of aliphatic hydroxyl groups is 1. The summed E-state index contributed by atoms with van der Waals surface area (Å²) in [6, 6.07) is 7.73. The van der Waals surface area contributed by atoms with Crippen LogP contribution in [-0.2, 0) is 11.2 Å². The van der Waals surface area contributed by atoms with E-state index in [0.29, 0.717) is 0 Å². The van der Waals surface area contributed by atoms with Crippen molar-refractivity contribution in [1.82, 2.24) is 10.6 Å². The lowest BCUT2D eigenvalue weighted by Gasteiger charge is -2.29.